The lowest BCUT2D eigenvalue weighted by Gasteiger charge is -2.24. The topological polar surface area (TPSA) is 69.9 Å². The maximum Gasteiger partial charge on any atom is 0.338 e. The van der Waals surface area contributed by atoms with Gasteiger partial charge in [0.25, 0.3) is 5.56 Å². The molecule has 1 aliphatic rings. The summed E-state index contributed by atoms with van der Waals surface area (Å²) in [6.07, 6.45) is 1.84. The van der Waals surface area contributed by atoms with Gasteiger partial charge in [-0.15, -0.1) is 0 Å². The maximum atomic E-state index is 13.4. The smallest absolute Gasteiger partial charge is 0.338 e. The van der Waals surface area contributed by atoms with Gasteiger partial charge in [0.05, 0.1) is 36.1 Å². The first-order chi connectivity index (χ1) is 14.5. The molecule has 30 heavy (non-hydrogen) atoms. The van der Waals surface area contributed by atoms with Crippen molar-refractivity contribution < 1.29 is 14.3 Å². The summed E-state index contributed by atoms with van der Waals surface area (Å²) in [7, 11) is 2.90. The number of ether oxygens (including phenoxy) is 2. The SMILES string of the molecule is COC(=O)C1=C(C)N=c2s/c(=C\c3ccccc3)c(=O)n2C1c1cccc(OC)c1. The summed E-state index contributed by atoms with van der Waals surface area (Å²) in [4.78, 5) is 31.1. The highest BCUT2D eigenvalue weighted by molar-refractivity contribution is 7.07. The minimum Gasteiger partial charge on any atom is -0.497 e. The third-order valence-electron chi connectivity index (χ3n) is 4.93. The van der Waals surface area contributed by atoms with E-state index in [1.54, 1.807) is 18.6 Å². The average Bonchev–Trinajstić information content (AvgIpc) is 3.07. The van der Waals surface area contributed by atoms with Gasteiger partial charge in [0, 0.05) is 0 Å². The van der Waals surface area contributed by atoms with Gasteiger partial charge in [0.2, 0.25) is 0 Å². The Hall–Kier alpha value is -3.45. The number of rotatable bonds is 4. The Morgan fingerprint density at radius 1 is 1.13 bits per heavy atom. The molecule has 0 bridgehead atoms. The molecule has 0 saturated heterocycles. The molecule has 2 aromatic carbocycles. The Balaban J connectivity index is 1.99. The van der Waals surface area contributed by atoms with Gasteiger partial charge in [-0.3, -0.25) is 9.36 Å². The molecule has 1 aromatic heterocycles. The van der Waals surface area contributed by atoms with Gasteiger partial charge in [0.1, 0.15) is 5.75 Å². The number of hydrogen-bond acceptors (Lipinski definition) is 6. The molecule has 1 unspecified atom stereocenters. The van der Waals surface area contributed by atoms with Crippen LogP contribution in [0.1, 0.15) is 24.1 Å². The molecule has 0 spiro atoms. The number of nitrogens with zero attached hydrogens (tertiary/aromatic N) is 2. The maximum absolute atomic E-state index is 13.4. The van der Waals surface area contributed by atoms with Crippen LogP contribution in [0.2, 0.25) is 0 Å². The van der Waals surface area contributed by atoms with E-state index in [2.05, 4.69) is 4.99 Å². The lowest BCUT2D eigenvalue weighted by molar-refractivity contribution is -0.136. The molecule has 7 heteroatoms. The van der Waals surface area contributed by atoms with Crippen LogP contribution in [0.4, 0.5) is 0 Å². The quantitative estimate of drug-likeness (QED) is 0.608. The zero-order chi connectivity index (χ0) is 21.3. The van der Waals surface area contributed by atoms with Crippen molar-refractivity contribution in [2.75, 3.05) is 14.2 Å². The molecule has 0 saturated carbocycles. The minimum absolute atomic E-state index is 0.204. The van der Waals surface area contributed by atoms with Gasteiger partial charge in [-0.05, 0) is 36.3 Å². The average molecular weight is 420 g/mol. The Labute approximate surface area is 177 Å². The molecule has 0 amide bonds. The number of allylic oxidation sites excluding steroid dienone is 1. The van der Waals surface area contributed by atoms with Crippen LogP contribution in [0.25, 0.3) is 6.08 Å². The second-order valence-electron chi connectivity index (χ2n) is 6.76. The van der Waals surface area contributed by atoms with Crippen molar-refractivity contribution in [2.24, 2.45) is 4.99 Å². The van der Waals surface area contributed by atoms with Crippen LogP contribution >= 0.6 is 11.3 Å². The van der Waals surface area contributed by atoms with Crippen LogP contribution in [-0.2, 0) is 9.53 Å². The van der Waals surface area contributed by atoms with Gasteiger partial charge in [-0.2, -0.15) is 0 Å². The number of esters is 1. The van der Waals surface area contributed by atoms with E-state index in [1.165, 1.54) is 18.4 Å². The molecular formula is C23H20N2O4S. The Bertz CT molecular complexity index is 1320. The number of benzene rings is 2. The molecule has 0 aliphatic carbocycles. The van der Waals surface area contributed by atoms with Gasteiger partial charge in [0.15, 0.2) is 4.80 Å². The molecule has 0 N–H and O–H groups in total. The monoisotopic (exact) mass is 420 g/mol. The van der Waals surface area contributed by atoms with Gasteiger partial charge >= 0.3 is 5.97 Å². The lowest BCUT2D eigenvalue weighted by Crippen LogP contribution is -2.39. The molecular weight excluding hydrogens is 400 g/mol. The fourth-order valence-electron chi connectivity index (χ4n) is 3.52. The van der Waals surface area contributed by atoms with Gasteiger partial charge < -0.3 is 9.47 Å². The van der Waals surface area contributed by atoms with Crippen molar-refractivity contribution in [3.63, 3.8) is 0 Å². The fraction of sp³-hybridized carbons (Fsp3) is 0.174. The van der Waals surface area contributed by atoms with Crippen LogP contribution < -0.4 is 19.6 Å². The summed E-state index contributed by atoms with van der Waals surface area (Å²) in [5.41, 5.74) is 2.33. The zero-order valence-corrected chi connectivity index (χ0v) is 17.6. The van der Waals surface area contributed by atoms with Crippen molar-refractivity contribution >= 4 is 23.4 Å². The largest absolute Gasteiger partial charge is 0.497 e. The van der Waals surface area contributed by atoms with Crippen molar-refractivity contribution in [1.29, 1.82) is 0 Å². The minimum atomic E-state index is -0.651. The summed E-state index contributed by atoms with van der Waals surface area (Å²) in [6, 6.07) is 16.3. The second kappa shape index (κ2) is 8.12. The van der Waals surface area contributed by atoms with Crippen LogP contribution in [0, 0.1) is 0 Å². The van der Waals surface area contributed by atoms with Gasteiger partial charge in [-0.25, -0.2) is 9.79 Å². The van der Waals surface area contributed by atoms with Crippen molar-refractivity contribution in [3.8, 4) is 5.75 Å². The standard InChI is InChI=1S/C23H20N2O4S/c1-14-19(22(27)29-3)20(16-10-7-11-17(13-16)28-2)25-21(26)18(30-23(25)24-14)12-15-8-5-4-6-9-15/h4-13,20H,1-3H3/b18-12-. The third-order valence-corrected chi connectivity index (χ3v) is 5.92. The Morgan fingerprint density at radius 2 is 1.90 bits per heavy atom. The number of thiazole rings is 1. The molecule has 1 aliphatic heterocycles. The predicted octanol–water partition coefficient (Wildman–Crippen LogP) is 2.42. The molecule has 1 atom stereocenters. The number of aromatic nitrogens is 1. The number of carbonyl (C=O) groups is 1. The number of carbonyl (C=O) groups excluding carboxylic acids is 1. The summed E-state index contributed by atoms with van der Waals surface area (Å²) in [5.74, 6) is 0.124. The summed E-state index contributed by atoms with van der Waals surface area (Å²) in [6.45, 7) is 1.76. The number of hydrogen-bond donors (Lipinski definition) is 0. The first kappa shape index (κ1) is 19.8. The predicted molar refractivity (Wildman–Crippen MR) is 115 cm³/mol. The van der Waals surface area contributed by atoms with Crippen LogP contribution in [0.5, 0.6) is 5.75 Å². The van der Waals surface area contributed by atoms with Crippen molar-refractivity contribution in [2.45, 2.75) is 13.0 Å². The van der Waals surface area contributed by atoms with Crippen molar-refractivity contribution in [3.05, 3.63) is 96.7 Å². The van der Waals surface area contributed by atoms with E-state index in [-0.39, 0.29) is 5.56 Å². The molecule has 152 valence electrons. The normalized spacial score (nSPS) is 16.1. The zero-order valence-electron chi connectivity index (χ0n) is 16.8. The summed E-state index contributed by atoms with van der Waals surface area (Å²) >= 11 is 1.30. The molecule has 0 radical (unpaired) electrons. The van der Waals surface area contributed by atoms with E-state index in [1.807, 2.05) is 60.7 Å². The number of methoxy groups -OCH3 is 2. The molecule has 4 rings (SSSR count). The van der Waals surface area contributed by atoms with Crippen molar-refractivity contribution in [1.82, 2.24) is 4.57 Å². The third kappa shape index (κ3) is 3.48. The first-order valence-electron chi connectivity index (χ1n) is 9.33. The highest BCUT2D eigenvalue weighted by atomic mass is 32.1. The van der Waals surface area contributed by atoms with E-state index < -0.39 is 12.0 Å². The summed E-state index contributed by atoms with van der Waals surface area (Å²) < 4.78 is 12.5. The fourth-order valence-corrected chi connectivity index (χ4v) is 4.57. The molecule has 6 nitrogen and oxygen atoms in total. The molecule has 2 heterocycles. The number of fused-ring (bicyclic) bond motifs is 1. The van der Waals surface area contributed by atoms with E-state index in [9.17, 15) is 9.59 Å². The van der Waals surface area contributed by atoms with Gasteiger partial charge in [-0.1, -0.05) is 53.8 Å². The molecule has 3 aromatic rings. The Morgan fingerprint density at radius 3 is 2.60 bits per heavy atom. The van der Waals surface area contributed by atoms with E-state index >= 15 is 0 Å². The first-order valence-corrected chi connectivity index (χ1v) is 10.1. The Kier molecular flexibility index (Phi) is 5.37. The van der Waals surface area contributed by atoms with E-state index in [0.717, 1.165) is 11.1 Å². The van der Waals surface area contributed by atoms with Crippen LogP contribution in [-0.4, -0.2) is 24.8 Å². The second-order valence-corrected chi connectivity index (χ2v) is 7.77. The van der Waals surface area contributed by atoms with Crippen LogP contribution in [0.3, 0.4) is 0 Å². The highest BCUT2D eigenvalue weighted by Crippen LogP contribution is 2.32. The summed E-state index contributed by atoms with van der Waals surface area (Å²) in [5, 5.41) is 0. The highest BCUT2D eigenvalue weighted by Gasteiger charge is 2.33. The van der Waals surface area contributed by atoms with E-state index in [0.29, 0.717) is 26.4 Å². The lowest BCUT2D eigenvalue weighted by atomic mass is 9.96. The van der Waals surface area contributed by atoms with E-state index in [4.69, 9.17) is 9.47 Å². The van der Waals surface area contributed by atoms with Crippen LogP contribution in [0.15, 0.2) is 75.7 Å². The molecule has 0 fully saturated rings.